The number of halogens is 1. The molecule has 3 rings (SSSR count). The van der Waals surface area contributed by atoms with Gasteiger partial charge in [0.25, 0.3) is 5.69 Å². The smallest absolute Gasteiger partial charge is 0.271 e. The van der Waals surface area contributed by atoms with Crippen LogP contribution in [0, 0.1) is 10.1 Å². The maximum atomic E-state index is 10.7. The molecule has 1 aliphatic rings. The largest absolute Gasteiger partial charge is 0.382 e. The zero-order valence-electron chi connectivity index (χ0n) is 9.97. The molecule has 6 nitrogen and oxygen atoms in total. The molecule has 2 N–H and O–H groups in total. The highest BCUT2D eigenvalue weighted by Crippen LogP contribution is 2.32. The highest BCUT2D eigenvalue weighted by Gasteiger charge is 2.23. The summed E-state index contributed by atoms with van der Waals surface area (Å²) in [7, 11) is 0. The van der Waals surface area contributed by atoms with Crippen LogP contribution < -0.4 is 5.73 Å². The van der Waals surface area contributed by atoms with Gasteiger partial charge in [-0.1, -0.05) is 11.6 Å². The summed E-state index contributed by atoms with van der Waals surface area (Å²) in [6, 6.07) is 4.35. The Kier molecular flexibility index (Phi) is 2.67. The number of aromatic nitrogens is 2. The van der Waals surface area contributed by atoms with E-state index in [0.29, 0.717) is 16.5 Å². The van der Waals surface area contributed by atoms with E-state index >= 15 is 0 Å². The molecule has 1 aliphatic carbocycles. The molecule has 0 saturated heterocycles. The van der Waals surface area contributed by atoms with Crippen LogP contribution in [0.3, 0.4) is 0 Å². The topological polar surface area (TPSA) is 87.0 Å². The van der Waals surface area contributed by atoms with E-state index in [1.54, 1.807) is 10.7 Å². The molecular formula is C12H11ClN4O2. The van der Waals surface area contributed by atoms with Gasteiger partial charge in [0.15, 0.2) is 0 Å². The van der Waals surface area contributed by atoms with Gasteiger partial charge in [-0.25, -0.2) is 4.68 Å². The number of nitrogen functional groups attached to an aromatic ring is 1. The molecule has 0 atom stereocenters. The maximum absolute atomic E-state index is 10.7. The van der Waals surface area contributed by atoms with Crippen molar-refractivity contribution in [3.63, 3.8) is 0 Å². The summed E-state index contributed by atoms with van der Waals surface area (Å²) in [6.07, 6.45) is 2.86. The number of nitrogens with zero attached hydrogens (tertiary/aromatic N) is 3. The summed E-state index contributed by atoms with van der Waals surface area (Å²) >= 11 is 6.11. The third-order valence-corrected chi connectivity index (χ3v) is 3.63. The number of rotatable bonds is 2. The fourth-order valence-corrected chi connectivity index (χ4v) is 2.70. The monoisotopic (exact) mass is 278 g/mol. The van der Waals surface area contributed by atoms with E-state index in [1.165, 1.54) is 12.1 Å². The third kappa shape index (κ3) is 1.84. The fraction of sp³-hybridized carbons (Fsp3) is 0.250. The van der Waals surface area contributed by atoms with Gasteiger partial charge in [-0.3, -0.25) is 10.1 Å². The van der Waals surface area contributed by atoms with Gasteiger partial charge >= 0.3 is 0 Å². The fourth-order valence-electron chi connectivity index (χ4n) is 2.45. The Morgan fingerprint density at radius 3 is 2.89 bits per heavy atom. The molecule has 98 valence electrons. The van der Waals surface area contributed by atoms with Crippen molar-refractivity contribution < 1.29 is 4.92 Å². The second-order valence-electron chi connectivity index (χ2n) is 4.47. The lowest BCUT2D eigenvalue weighted by Gasteiger charge is -2.07. The first-order valence-corrected chi connectivity index (χ1v) is 6.26. The van der Waals surface area contributed by atoms with Crippen LogP contribution in [0.5, 0.6) is 0 Å². The van der Waals surface area contributed by atoms with E-state index < -0.39 is 4.92 Å². The van der Waals surface area contributed by atoms with Gasteiger partial charge in [0, 0.05) is 23.4 Å². The summed E-state index contributed by atoms with van der Waals surface area (Å²) in [4.78, 5) is 10.2. The molecule has 7 heteroatoms. The Bertz CT molecular complexity index is 681. The summed E-state index contributed by atoms with van der Waals surface area (Å²) in [6.45, 7) is 0. The van der Waals surface area contributed by atoms with Crippen LogP contribution in [0.2, 0.25) is 5.02 Å². The van der Waals surface area contributed by atoms with Crippen molar-refractivity contribution in [2.45, 2.75) is 19.3 Å². The van der Waals surface area contributed by atoms with Crippen molar-refractivity contribution in [2.75, 3.05) is 5.73 Å². The van der Waals surface area contributed by atoms with Crippen LogP contribution in [0.25, 0.3) is 5.69 Å². The van der Waals surface area contributed by atoms with E-state index in [1.807, 2.05) is 0 Å². The van der Waals surface area contributed by atoms with Gasteiger partial charge in [0.2, 0.25) is 0 Å². The molecule has 1 aromatic carbocycles. The van der Waals surface area contributed by atoms with Gasteiger partial charge in [-0.05, 0) is 25.3 Å². The quantitative estimate of drug-likeness (QED) is 0.675. The number of hydrogen-bond acceptors (Lipinski definition) is 4. The summed E-state index contributed by atoms with van der Waals surface area (Å²) in [5.74, 6) is 0.516. The number of nitrogens with two attached hydrogens (primary N) is 1. The van der Waals surface area contributed by atoms with Crippen LogP contribution in [0.1, 0.15) is 17.7 Å². The molecule has 19 heavy (non-hydrogen) atoms. The molecule has 0 bridgehead atoms. The third-order valence-electron chi connectivity index (χ3n) is 3.33. The van der Waals surface area contributed by atoms with Gasteiger partial charge in [0.1, 0.15) is 5.82 Å². The average Bonchev–Trinajstić information content (AvgIpc) is 2.94. The zero-order chi connectivity index (χ0) is 13.6. The highest BCUT2D eigenvalue weighted by molar-refractivity contribution is 6.32. The molecule has 0 fully saturated rings. The van der Waals surface area contributed by atoms with Crippen LogP contribution in [-0.2, 0) is 12.8 Å². The molecule has 2 aromatic rings. The molecule has 1 heterocycles. The number of fused-ring (bicyclic) bond motifs is 1. The predicted octanol–water partition coefficient (Wildman–Crippen LogP) is 2.50. The van der Waals surface area contributed by atoms with E-state index in [9.17, 15) is 10.1 Å². The minimum atomic E-state index is -0.475. The molecule has 0 aliphatic heterocycles. The van der Waals surface area contributed by atoms with E-state index in [-0.39, 0.29) is 5.69 Å². The lowest BCUT2D eigenvalue weighted by atomic mass is 10.2. The van der Waals surface area contributed by atoms with Gasteiger partial charge in [-0.2, -0.15) is 5.10 Å². The average molecular weight is 279 g/mol. The number of benzene rings is 1. The number of anilines is 1. The number of nitro groups is 1. The maximum Gasteiger partial charge on any atom is 0.271 e. The van der Waals surface area contributed by atoms with Crippen molar-refractivity contribution in [3.05, 3.63) is 44.6 Å². The van der Waals surface area contributed by atoms with Crippen molar-refractivity contribution in [2.24, 2.45) is 0 Å². The molecule has 1 aromatic heterocycles. The minimum absolute atomic E-state index is 0.0366. The van der Waals surface area contributed by atoms with Gasteiger partial charge in [-0.15, -0.1) is 0 Å². The number of hydrogen-bond donors (Lipinski definition) is 1. The van der Waals surface area contributed by atoms with Gasteiger partial charge < -0.3 is 5.73 Å². The van der Waals surface area contributed by atoms with Crippen molar-refractivity contribution in [1.82, 2.24) is 9.78 Å². The lowest BCUT2D eigenvalue weighted by molar-refractivity contribution is -0.384. The van der Waals surface area contributed by atoms with Crippen LogP contribution in [-0.4, -0.2) is 14.7 Å². The predicted molar refractivity (Wildman–Crippen MR) is 71.7 cm³/mol. The Morgan fingerprint density at radius 1 is 1.42 bits per heavy atom. The molecule has 0 saturated carbocycles. The number of non-ortho nitro benzene ring substituents is 1. The van der Waals surface area contributed by atoms with Crippen molar-refractivity contribution >= 4 is 23.1 Å². The molecule has 0 radical (unpaired) electrons. The number of nitro benzene ring substituents is 1. The summed E-state index contributed by atoms with van der Waals surface area (Å²) in [5.41, 5.74) is 8.58. The standard InChI is InChI=1S/C12H11ClN4O2/c13-9-6-7(17(18)19)4-5-11(9)16-10-3-1-2-8(10)12(14)15-16/h4-6H,1-3H2,(H2,14,15). The summed E-state index contributed by atoms with van der Waals surface area (Å²) < 4.78 is 1.70. The van der Waals surface area contributed by atoms with Gasteiger partial charge in [0.05, 0.1) is 15.6 Å². The molecular weight excluding hydrogens is 268 g/mol. The van der Waals surface area contributed by atoms with Crippen molar-refractivity contribution in [1.29, 1.82) is 0 Å². The molecule has 0 spiro atoms. The van der Waals surface area contributed by atoms with E-state index in [0.717, 1.165) is 30.5 Å². The Morgan fingerprint density at radius 2 is 2.21 bits per heavy atom. The Hall–Kier alpha value is -2.08. The zero-order valence-corrected chi connectivity index (χ0v) is 10.7. The molecule has 0 amide bonds. The second kappa shape index (κ2) is 4.24. The molecule has 0 unspecified atom stereocenters. The normalized spacial score (nSPS) is 13.5. The Balaban J connectivity index is 2.13. The lowest BCUT2D eigenvalue weighted by Crippen LogP contribution is -2.03. The van der Waals surface area contributed by atoms with E-state index in [2.05, 4.69) is 5.10 Å². The van der Waals surface area contributed by atoms with Crippen molar-refractivity contribution in [3.8, 4) is 5.69 Å². The first-order chi connectivity index (χ1) is 9.08. The first-order valence-electron chi connectivity index (χ1n) is 5.88. The Labute approximate surface area is 113 Å². The summed E-state index contributed by atoms with van der Waals surface area (Å²) in [5, 5.41) is 15.3. The van der Waals surface area contributed by atoms with Crippen LogP contribution in [0.4, 0.5) is 11.5 Å². The second-order valence-corrected chi connectivity index (χ2v) is 4.88. The SMILES string of the molecule is Nc1nn(-c2ccc([N+](=O)[O-])cc2Cl)c2c1CCC2. The highest BCUT2D eigenvalue weighted by atomic mass is 35.5. The first kappa shape index (κ1) is 12.0. The van der Waals surface area contributed by atoms with Crippen LogP contribution in [0.15, 0.2) is 18.2 Å². The van der Waals surface area contributed by atoms with Crippen LogP contribution >= 0.6 is 11.6 Å². The minimum Gasteiger partial charge on any atom is -0.382 e. The van der Waals surface area contributed by atoms with E-state index in [4.69, 9.17) is 17.3 Å².